The van der Waals surface area contributed by atoms with Crippen LogP contribution in [0.4, 0.5) is 0 Å². The van der Waals surface area contributed by atoms with Crippen LogP contribution in [0.1, 0.15) is 6.92 Å². The lowest BCUT2D eigenvalue weighted by molar-refractivity contribution is 0.994. The lowest BCUT2D eigenvalue weighted by Crippen LogP contribution is -2.31. The van der Waals surface area contributed by atoms with Crippen molar-refractivity contribution in [2.75, 3.05) is 6.54 Å². The normalized spacial score (nSPS) is 11.5. The van der Waals surface area contributed by atoms with Gasteiger partial charge in [-0.2, -0.15) is 0 Å². The summed E-state index contributed by atoms with van der Waals surface area (Å²) in [4.78, 5) is 0. The molecule has 0 saturated heterocycles. The van der Waals surface area contributed by atoms with E-state index in [4.69, 9.17) is 28.5 Å². The molecule has 0 fully saturated rings. The summed E-state index contributed by atoms with van der Waals surface area (Å²) in [5.41, 5.74) is 0. The maximum atomic E-state index is 6.57. The van der Waals surface area contributed by atoms with E-state index in [-0.39, 0.29) is 0 Å². The van der Waals surface area contributed by atoms with Gasteiger partial charge in [0.05, 0.1) is 7.05 Å². The minimum absolute atomic E-state index is 0.731. The number of hydrogen-bond acceptors (Lipinski definition) is 2. The predicted molar refractivity (Wildman–Crippen MR) is 154 cm³/mol. The van der Waals surface area contributed by atoms with E-state index >= 15 is 0 Å². The fourth-order valence-corrected chi connectivity index (χ4v) is 13.9. The fourth-order valence-electron chi connectivity index (χ4n) is 3.78. The molecule has 166 valence electrons. The zero-order valence-corrected chi connectivity index (χ0v) is 21.8. The lowest BCUT2D eigenvalue weighted by Gasteiger charge is -2.31. The minimum atomic E-state index is -2.57. The van der Waals surface area contributed by atoms with Gasteiger partial charge in [-0.05, 0) is 6.92 Å². The zero-order valence-electron chi connectivity index (χ0n) is 18.4. The van der Waals surface area contributed by atoms with Gasteiger partial charge in [0, 0.05) is 27.8 Å². The van der Waals surface area contributed by atoms with Crippen molar-refractivity contribution < 1.29 is 0 Å². The fraction of sp³-hybridized carbons (Fsp3) is 0.0741. The van der Waals surface area contributed by atoms with Crippen LogP contribution in [0.15, 0.2) is 126 Å². The molecular formula is C27H26N2P2S2. The van der Waals surface area contributed by atoms with Crippen molar-refractivity contribution in [1.82, 2.24) is 5.32 Å². The molecule has 33 heavy (non-hydrogen) atoms. The molecule has 0 atom stereocenters. The molecule has 0 radical (unpaired) electrons. The highest BCUT2D eigenvalue weighted by atomic mass is 32.4. The zero-order chi connectivity index (χ0) is 23.2. The molecule has 2 nitrogen and oxygen atoms in total. The van der Waals surface area contributed by atoms with E-state index in [1.165, 1.54) is 0 Å². The van der Waals surface area contributed by atoms with Crippen molar-refractivity contribution in [3.63, 3.8) is 0 Å². The average Bonchev–Trinajstić information content (AvgIpc) is 2.89. The maximum Gasteiger partial charge on any atom is 0.124 e. The van der Waals surface area contributed by atoms with Crippen LogP contribution in [0, 0.1) is 0 Å². The smallest absolute Gasteiger partial charge is 0.124 e. The van der Waals surface area contributed by atoms with Crippen molar-refractivity contribution in [1.29, 1.82) is 0 Å². The van der Waals surface area contributed by atoms with E-state index in [2.05, 4.69) is 85.0 Å². The molecule has 4 aromatic carbocycles. The van der Waals surface area contributed by atoms with Crippen molar-refractivity contribution in [2.45, 2.75) is 6.92 Å². The first-order valence-electron chi connectivity index (χ1n) is 10.9. The molecule has 0 aliphatic carbocycles. The molecule has 0 aliphatic heterocycles. The van der Waals surface area contributed by atoms with Gasteiger partial charge in [-0.25, -0.2) is 4.52 Å². The second-order valence-electron chi connectivity index (χ2n) is 7.48. The first-order valence-corrected chi connectivity index (χ1v) is 15.8. The van der Waals surface area contributed by atoms with Crippen LogP contribution in [-0.2, 0) is 11.8 Å². The van der Waals surface area contributed by atoms with Crippen molar-refractivity contribution in [2.24, 2.45) is 4.52 Å². The highest BCUT2D eigenvalue weighted by molar-refractivity contribution is 8.24. The van der Waals surface area contributed by atoms with Gasteiger partial charge in [0.1, 0.15) is 10.9 Å². The monoisotopic (exact) mass is 504 g/mol. The third-order valence-electron chi connectivity index (χ3n) is 5.35. The van der Waals surface area contributed by atoms with Crippen LogP contribution < -0.4 is 26.5 Å². The Morgan fingerprint density at radius 3 is 1.30 bits per heavy atom. The molecule has 4 aromatic rings. The number of nitrogens with zero attached hydrogens (tertiary/aromatic N) is 1. The maximum absolute atomic E-state index is 6.57. The summed E-state index contributed by atoms with van der Waals surface area (Å²) in [7, 11) is -2.57. The van der Waals surface area contributed by atoms with Crippen LogP contribution in [0.25, 0.3) is 0 Å². The van der Waals surface area contributed by atoms with E-state index in [1.54, 1.807) is 0 Å². The van der Waals surface area contributed by atoms with E-state index in [9.17, 15) is 0 Å². The summed E-state index contributed by atoms with van der Waals surface area (Å²) in [6.45, 7) is 2.80. The van der Waals surface area contributed by atoms with Gasteiger partial charge >= 0.3 is 0 Å². The van der Waals surface area contributed by atoms with E-state index in [1.807, 2.05) is 48.5 Å². The molecule has 0 heterocycles. The summed E-state index contributed by atoms with van der Waals surface area (Å²) >= 11 is 12.7. The largest absolute Gasteiger partial charge is 0.375 e. The SMILES string of the molecule is CCNC(=S)P(=NP(=S)(c1ccccc1)c1ccccc1)(c1ccccc1)c1ccccc1. The van der Waals surface area contributed by atoms with Crippen LogP contribution in [0.3, 0.4) is 0 Å². The Kier molecular flexibility index (Phi) is 7.73. The van der Waals surface area contributed by atoms with Crippen molar-refractivity contribution in [3.05, 3.63) is 121 Å². The average molecular weight is 505 g/mol. The van der Waals surface area contributed by atoms with Crippen LogP contribution in [-0.4, -0.2) is 11.3 Å². The summed E-state index contributed by atoms with van der Waals surface area (Å²) in [6, 6.07) is 41.5. The van der Waals surface area contributed by atoms with Gasteiger partial charge in [0.25, 0.3) is 0 Å². The summed E-state index contributed by atoms with van der Waals surface area (Å²) < 4.78 is 6.54. The van der Waals surface area contributed by atoms with Crippen LogP contribution in [0.5, 0.6) is 0 Å². The Labute approximate surface area is 207 Å². The summed E-state index contributed by atoms with van der Waals surface area (Å²) in [5, 5.41) is 7.84. The first kappa shape index (κ1) is 23.8. The topological polar surface area (TPSA) is 24.4 Å². The molecule has 0 aliphatic rings. The molecule has 0 bridgehead atoms. The van der Waals surface area contributed by atoms with Crippen molar-refractivity contribution >= 4 is 63.2 Å². The van der Waals surface area contributed by atoms with Gasteiger partial charge in [0.15, 0.2) is 0 Å². The highest BCUT2D eigenvalue weighted by Crippen LogP contribution is 2.60. The Hall–Kier alpha value is -2.35. The predicted octanol–water partition coefficient (Wildman–Crippen LogP) is 5.78. The number of thiocarbonyl (C=S) groups is 1. The van der Waals surface area contributed by atoms with E-state index in [0.717, 1.165) is 32.5 Å². The second-order valence-corrected chi connectivity index (χ2v) is 15.4. The highest BCUT2D eigenvalue weighted by Gasteiger charge is 2.34. The number of nitrogens with one attached hydrogen (secondary N) is 1. The molecule has 0 unspecified atom stereocenters. The molecule has 1 N–H and O–H groups in total. The first-order chi connectivity index (χ1) is 16.1. The summed E-state index contributed by atoms with van der Waals surface area (Å²) in [6.07, 6.45) is -2.57. The van der Waals surface area contributed by atoms with Gasteiger partial charge in [0.2, 0.25) is 0 Å². The molecule has 0 saturated carbocycles. The standard InChI is InChI=1S/C27H26N2P2S2/c1-2-28-27(32)30(23-15-7-3-8-16-23,24-17-9-4-10-18-24)29-31(33,25-19-11-5-12-20-25)26-21-13-6-14-22-26/h3-22H,2H2,1H3,(H,28,32). The van der Waals surface area contributed by atoms with Gasteiger partial charge in [-0.3, -0.25) is 0 Å². The quantitative estimate of drug-likeness (QED) is 0.255. The molecule has 0 aromatic heterocycles. The van der Waals surface area contributed by atoms with Gasteiger partial charge < -0.3 is 5.32 Å². The van der Waals surface area contributed by atoms with Gasteiger partial charge in [-0.15, -0.1) is 0 Å². The minimum Gasteiger partial charge on any atom is -0.375 e. The lowest BCUT2D eigenvalue weighted by atomic mass is 10.4. The molecular weight excluding hydrogens is 478 g/mol. The van der Waals surface area contributed by atoms with E-state index < -0.39 is 13.2 Å². The summed E-state index contributed by atoms with van der Waals surface area (Å²) in [5.74, 6) is 0. The third kappa shape index (κ3) is 4.81. The van der Waals surface area contributed by atoms with Crippen LogP contribution >= 0.6 is 25.5 Å². The molecule has 6 heteroatoms. The number of hydrogen-bond donors (Lipinski definition) is 1. The molecule has 0 amide bonds. The Morgan fingerprint density at radius 2 is 0.970 bits per heavy atom. The Balaban J connectivity index is 2.17. The number of rotatable bonds is 7. The van der Waals surface area contributed by atoms with Gasteiger partial charge in [-0.1, -0.05) is 145 Å². The Morgan fingerprint density at radius 1 is 0.636 bits per heavy atom. The molecule has 4 rings (SSSR count). The van der Waals surface area contributed by atoms with E-state index in [0.29, 0.717) is 0 Å². The number of benzene rings is 4. The second kappa shape index (κ2) is 10.7. The third-order valence-corrected chi connectivity index (χ3v) is 15.1. The van der Waals surface area contributed by atoms with Crippen LogP contribution in [0.2, 0.25) is 0 Å². The van der Waals surface area contributed by atoms with Crippen molar-refractivity contribution in [3.8, 4) is 0 Å². The molecule has 0 spiro atoms. The Bertz CT molecular complexity index is 1220.